The molecule has 1 rings (SSSR count). The molecule has 0 aromatic heterocycles. The number of rotatable bonds is 5. The van der Waals surface area contributed by atoms with Gasteiger partial charge in [0.1, 0.15) is 17.3 Å². The highest BCUT2D eigenvalue weighted by atomic mass is 35.5. The number of aliphatic carboxylic acids is 1. The average molecular weight is 296 g/mol. The number of likely N-dealkylation sites (N-methyl/N-ethyl adjacent to an activating group) is 1. The van der Waals surface area contributed by atoms with Crippen LogP contribution in [-0.4, -0.2) is 36.9 Å². The van der Waals surface area contributed by atoms with Crippen molar-refractivity contribution >= 4 is 27.6 Å². The number of halogens is 2. The molecular weight excluding hydrogens is 285 g/mol. The Morgan fingerprint density at radius 1 is 1.50 bits per heavy atom. The highest BCUT2D eigenvalue weighted by molar-refractivity contribution is 7.89. The number of hydrogen-bond acceptors (Lipinski definition) is 3. The van der Waals surface area contributed by atoms with E-state index >= 15 is 0 Å². The lowest BCUT2D eigenvalue weighted by Gasteiger charge is -2.18. The van der Waals surface area contributed by atoms with Crippen LogP contribution in [0.2, 0.25) is 5.02 Å². The van der Waals surface area contributed by atoms with Gasteiger partial charge in [-0.25, -0.2) is 12.8 Å². The molecule has 0 bridgehead atoms. The SMILES string of the molecule is CCN(CC(=O)O)S(=O)(=O)c1ccc(Cl)cc1F. The van der Waals surface area contributed by atoms with E-state index in [0.717, 1.165) is 12.1 Å². The monoisotopic (exact) mass is 295 g/mol. The van der Waals surface area contributed by atoms with E-state index in [2.05, 4.69) is 0 Å². The molecule has 18 heavy (non-hydrogen) atoms. The maximum Gasteiger partial charge on any atom is 0.318 e. The van der Waals surface area contributed by atoms with E-state index in [0.29, 0.717) is 4.31 Å². The second-order valence-corrected chi connectivity index (χ2v) is 5.74. The molecule has 5 nitrogen and oxygen atoms in total. The first-order valence-electron chi connectivity index (χ1n) is 4.96. The molecular formula is C10H11ClFNO4S. The van der Waals surface area contributed by atoms with Crippen molar-refractivity contribution in [1.29, 1.82) is 0 Å². The number of nitrogens with zero attached hydrogens (tertiary/aromatic N) is 1. The van der Waals surface area contributed by atoms with E-state index < -0.39 is 33.3 Å². The zero-order valence-electron chi connectivity index (χ0n) is 9.43. The molecule has 1 aromatic rings. The zero-order valence-corrected chi connectivity index (χ0v) is 11.0. The van der Waals surface area contributed by atoms with Crippen molar-refractivity contribution in [3.05, 3.63) is 29.0 Å². The van der Waals surface area contributed by atoms with Crippen LogP contribution in [0.4, 0.5) is 4.39 Å². The molecule has 0 unspecified atom stereocenters. The van der Waals surface area contributed by atoms with Gasteiger partial charge in [-0.3, -0.25) is 4.79 Å². The Balaban J connectivity index is 3.23. The van der Waals surface area contributed by atoms with Gasteiger partial charge in [-0.2, -0.15) is 4.31 Å². The summed E-state index contributed by atoms with van der Waals surface area (Å²) < 4.78 is 38.2. The maximum atomic E-state index is 13.5. The van der Waals surface area contributed by atoms with Crippen molar-refractivity contribution in [1.82, 2.24) is 4.31 Å². The summed E-state index contributed by atoms with van der Waals surface area (Å²) in [6, 6.07) is 3.10. The molecule has 0 amide bonds. The fourth-order valence-corrected chi connectivity index (χ4v) is 2.94. The van der Waals surface area contributed by atoms with Gasteiger partial charge in [0.05, 0.1) is 0 Å². The first-order valence-corrected chi connectivity index (χ1v) is 6.77. The van der Waals surface area contributed by atoms with Crippen molar-refractivity contribution in [2.45, 2.75) is 11.8 Å². The molecule has 0 saturated carbocycles. The van der Waals surface area contributed by atoms with Crippen LogP contribution in [-0.2, 0) is 14.8 Å². The topological polar surface area (TPSA) is 74.7 Å². The summed E-state index contributed by atoms with van der Waals surface area (Å²) in [5.41, 5.74) is 0. The molecule has 0 spiro atoms. The van der Waals surface area contributed by atoms with E-state index in [1.165, 1.54) is 13.0 Å². The van der Waals surface area contributed by atoms with Gasteiger partial charge in [-0.1, -0.05) is 18.5 Å². The van der Waals surface area contributed by atoms with Crippen LogP contribution < -0.4 is 0 Å². The summed E-state index contributed by atoms with van der Waals surface area (Å²) in [6.07, 6.45) is 0. The minimum Gasteiger partial charge on any atom is -0.480 e. The van der Waals surface area contributed by atoms with Gasteiger partial charge in [0.25, 0.3) is 0 Å². The van der Waals surface area contributed by atoms with Crippen molar-refractivity contribution < 1.29 is 22.7 Å². The first kappa shape index (κ1) is 14.9. The number of carboxylic acid groups (broad SMARTS) is 1. The quantitative estimate of drug-likeness (QED) is 0.895. The Labute approximate surface area is 109 Å². The molecule has 100 valence electrons. The van der Waals surface area contributed by atoms with E-state index in [4.69, 9.17) is 16.7 Å². The van der Waals surface area contributed by atoms with Gasteiger partial charge < -0.3 is 5.11 Å². The van der Waals surface area contributed by atoms with Gasteiger partial charge in [0, 0.05) is 11.6 Å². The fourth-order valence-electron chi connectivity index (χ4n) is 1.34. The van der Waals surface area contributed by atoms with Gasteiger partial charge in [-0.15, -0.1) is 0 Å². The molecule has 0 aliphatic rings. The molecule has 0 atom stereocenters. The number of carboxylic acids is 1. The lowest BCUT2D eigenvalue weighted by atomic mass is 10.3. The normalized spacial score (nSPS) is 11.8. The molecule has 1 N–H and O–H groups in total. The minimum atomic E-state index is -4.17. The minimum absolute atomic E-state index is 0.0627. The zero-order chi connectivity index (χ0) is 13.9. The molecule has 0 heterocycles. The summed E-state index contributed by atoms with van der Waals surface area (Å²) in [6.45, 7) is 0.673. The van der Waals surface area contributed by atoms with Gasteiger partial charge in [0.15, 0.2) is 0 Å². The van der Waals surface area contributed by atoms with Crippen LogP contribution in [0.5, 0.6) is 0 Å². The van der Waals surface area contributed by atoms with E-state index in [1.54, 1.807) is 0 Å². The van der Waals surface area contributed by atoms with Crippen LogP contribution >= 0.6 is 11.6 Å². The molecule has 0 saturated heterocycles. The predicted molar refractivity (Wildman–Crippen MR) is 63.5 cm³/mol. The Bertz CT molecular complexity index is 561. The number of hydrogen-bond donors (Lipinski definition) is 1. The Morgan fingerprint density at radius 3 is 2.56 bits per heavy atom. The summed E-state index contributed by atoms with van der Waals surface area (Å²) >= 11 is 5.52. The third-order valence-corrected chi connectivity index (χ3v) is 4.37. The molecule has 1 aromatic carbocycles. The number of sulfonamides is 1. The maximum absolute atomic E-state index is 13.5. The highest BCUT2D eigenvalue weighted by Gasteiger charge is 2.27. The number of benzene rings is 1. The van der Waals surface area contributed by atoms with E-state index in [9.17, 15) is 17.6 Å². The summed E-state index contributed by atoms with van der Waals surface area (Å²) in [5, 5.41) is 8.68. The van der Waals surface area contributed by atoms with Crippen LogP contribution in [0, 0.1) is 5.82 Å². The third-order valence-electron chi connectivity index (χ3n) is 2.18. The lowest BCUT2D eigenvalue weighted by molar-refractivity contribution is -0.137. The molecule has 0 fully saturated rings. The predicted octanol–water partition coefficient (Wildman–Crippen LogP) is 1.57. The highest BCUT2D eigenvalue weighted by Crippen LogP contribution is 2.22. The summed E-state index contributed by atoms with van der Waals surface area (Å²) in [7, 11) is -4.17. The van der Waals surface area contributed by atoms with Crippen molar-refractivity contribution in [2.24, 2.45) is 0 Å². The second-order valence-electron chi connectivity index (χ2n) is 3.40. The smallest absolute Gasteiger partial charge is 0.318 e. The van der Waals surface area contributed by atoms with Crippen molar-refractivity contribution in [2.75, 3.05) is 13.1 Å². The largest absolute Gasteiger partial charge is 0.480 e. The second kappa shape index (κ2) is 5.64. The van der Waals surface area contributed by atoms with Crippen LogP contribution in [0.1, 0.15) is 6.92 Å². The Hall–Kier alpha value is -1.18. The van der Waals surface area contributed by atoms with Gasteiger partial charge in [-0.05, 0) is 18.2 Å². The summed E-state index contributed by atoms with van der Waals surface area (Å²) in [5.74, 6) is -2.32. The Kier molecular flexibility index (Phi) is 4.66. The summed E-state index contributed by atoms with van der Waals surface area (Å²) in [4.78, 5) is 9.98. The van der Waals surface area contributed by atoms with E-state index in [1.807, 2.05) is 0 Å². The standard InChI is InChI=1S/C10H11ClFNO4S/c1-2-13(6-10(14)15)18(16,17)9-4-3-7(11)5-8(9)12/h3-5H,2,6H2,1H3,(H,14,15). The lowest BCUT2D eigenvalue weighted by Crippen LogP contribution is -2.35. The van der Waals surface area contributed by atoms with E-state index in [-0.39, 0.29) is 11.6 Å². The van der Waals surface area contributed by atoms with Crippen LogP contribution in [0.25, 0.3) is 0 Å². The Morgan fingerprint density at radius 2 is 2.11 bits per heavy atom. The van der Waals surface area contributed by atoms with Gasteiger partial charge >= 0.3 is 5.97 Å². The van der Waals surface area contributed by atoms with Crippen molar-refractivity contribution in [3.8, 4) is 0 Å². The fraction of sp³-hybridized carbons (Fsp3) is 0.300. The molecule has 0 radical (unpaired) electrons. The number of carbonyl (C=O) groups is 1. The molecule has 0 aliphatic carbocycles. The van der Waals surface area contributed by atoms with Gasteiger partial charge in [0.2, 0.25) is 10.0 Å². The molecule has 8 heteroatoms. The van der Waals surface area contributed by atoms with Crippen LogP contribution in [0.3, 0.4) is 0 Å². The molecule has 0 aliphatic heterocycles. The van der Waals surface area contributed by atoms with Crippen molar-refractivity contribution in [3.63, 3.8) is 0 Å². The van der Waals surface area contributed by atoms with Crippen LogP contribution in [0.15, 0.2) is 23.1 Å². The average Bonchev–Trinajstić information content (AvgIpc) is 2.24. The third kappa shape index (κ3) is 3.18. The first-order chi connectivity index (χ1) is 8.28.